The minimum absolute atomic E-state index is 0.0407. The highest BCUT2D eigenvalue weighted by molar-refractivity contribution is 7.99. The Balaban J connectivity index is 1.64. The van der Waals surface area contributed by atoms with E-state index in [4.69, 9.17) is 23.2 Å². The number of carbonyl (C=O) groups excluding carboxylic acids is 2. The van der Waals surface area contributed by atoms with Crippen LogP contribution in [0, 0.1) is 13.8 Å². The van der Waals surface area contributed by atoms with E-state index in [1.54, 1.807) is 28.8 Å². The molecule has 0 aliphatic heterocycles. The van der Waals surface area contributed by atoms with Crippen molar-refractivity contribution in [3.63, 3.8) is 0 Å². The third-order valence-corrected chi connectivity index (χ3v) is 6.42. The zero-order valence-electron chi connectivity index (χ0n) is 18.2. The molecule has 7 nitrogen and oxygen atoms in total. The monoisotopic (exact) mass is 503 g/mol. The summed E-state index contributed by atoms with van der Waals surface area (Å²) in [6, 6.07) is 10.8. The molecule has 0 aliphatic carbocycles. The smallest absolute Gasteiger partial charge is 0.234 e. The van der Waals surface area contributed by atoms with E-state index in [1.165, 1.54) is 11.8 Å². The van der Waals surface area contributed by atoms with E-state index in [0.29, 0.717) is 28.2 Å². The van der Waals surface area contributed by atoms with E-state index >= 15 is 0 Å². The van der Waals surface area contributed by atoms with Crippen LogP contribution >= 0.6 is 35.0 Å². The number of aromatic nitrogens is 3. The van der Waals surface area contributed by atoms with E-state index < -0.39 is 0 Å². The van der Waals surface area contributed by atoms with Gasteiger partial charge in [0, 0.05) is 12.2 Å². The molecule has 0 unspecified atom stereocenters. The lowest BCUT2D eigenvalue weighted by atomic mass is 10.1. The van der Waals surface area contributed by atoms with E-state index in [9.17, 15) is 9.59 Å². The Morgan fingerprint density at radius 3 is 2.58 bits per heavy atom. The largest absolute Gasteiger partial charge is 0.325 e. The molecule has 10 heteroatoms. The summed E-state index contributed by atoms with van der Waals surface area (Å²) >= 11 is 13.3. The average Bonchev–Trinajstić information content (AvgIpc) is 3.13. The molecule has 2 N–H and O–H groups in total. The number of nitrogens with one attached hydrogen (secondary N) is 2. The highest BCUT2D eigenvalue weighted by Crippen LogP contribution is 2.29. The second-order valence-corrected chi connectivity index (χ2v) is 9.01. The molecule has 0 fully saturated rings. The third kappa shape index (κ3) is 6.60. The van der Waals surface area contributed by atoms with Gasteiger partial charge in [0.2, 0.25) is 11.8 Å². The number of rotatable bonds is 9. The molecular formula is C23H23Cl2N5O2S. The van der Waals surface area contributed by atoms with Crippen LogP contribution in [-0.2, 0) is 22.6 Å². The molecule has 3 aromatic rings. The molecule has 0 saturated heterocycles. The van der Waals surface area contributed by atoms with Crippen molar-refractivity contribution in [2.45, 2.75) is 32.0 Å². The van der Waals surface area contributed by atoms with Gasteiger partial charge in [-0.25, -0.2) is 0 Å². The summed E-state index contributed by atoms with van der Waals surface area (Å²) in [6.45, 7) is 8.11. The van der Waals surface area contributed by atoms with Gasteiger partial charge in [-0.15, -0.1) is 16.8 Å². The van der Waals surface area contributed by atoms with Crippen molar-refractivity contribution in [3.05, 3.63) is 76.0 Å². The van der Waals surface area contributed by atoms with Crippen molar-refractivity contribution in [2.24, 2.45) is 0 Å². The maximum Gasteiger partial charge on any atom is 0.234 e. The van der Waals surface area contributed by atoms with Gasteiger partial charge in [0.05, 0.1) is 27.9 Å². The first-order chi connectivity index (χ1) is 15.8. The second kappa shape index (κ2) is 11.4. The number of amides is 2. The summed E-state index contributed by atoms with van der Waals surface area (Å²) in [4.78, 5) is 25.0. The fraction of sp³-hybridized carbons (Fsp3) is 0.217. The summed E-state index contributed by atoms with van der Waals surface area (Å²) in [5.74, 6) is 0.0846. The number of carbonyl (C=O) groups is 2. The summed E-state index contributed by atoms with van der Waals surface area (Å²) < 4.78 is 1.76. The predicted molar refractivity (Wildman–Crippen MR) is 134 cm³/mol. The molecule has 3 rings (SSSR count). The number of benzene rings is 2. The maximum atomic E-state index is 12.6. The van der Waals surface area contributed by atoms with Crippen molar-refractivity contribution in [2.75, 3.05) is 16.4 Å². The molecule has 2 amide bonds. The Morgan fingerprint density at radius 2 is 1.85 bits per heavy atom. The number of thioether (sulfide) groups is 1. The molecule has 1 aromatic heterocycles. The molecule has 0 bridgehead atoms. The van der Waals surface area contributed by atoms with E-state index in [1.807, 2.05) is 32.0 Å². The summed E-state index contributed by atoms with van der Waals surface area (Å²) in [5, 5.41) is 15.1. The van der Waals surface area contributed by atoms with Crippen molar-refractivity contribution in [3.8, 4) is 0 Å². The number of aryl methyl sites for hydroxylation is 2. The topological polar surface area (TPSA) is 88.9 Å². The van der Waals surface area contributed by atoms with Crippen molar-refractivity contribution in [1.82, 2.24) is 14.8 Å². The van der Waals surface area contributed by atoms with Crippen LogP contribution in [0.15, 0.2) is 54.2 Å². The van der Waals surface area contributed by atoms with Crippen LogP contribution in [0.3, 0.4) is 0 Å². The Hall–Kier alpha value is -2.81. The van der Waals surface area contributed by atoms with Crippen LogP contribution < -0.4 is 10.6 Å². The molecule has 33 heavy (non-hydrogen) atoms. The lowest BCUT2D eigenvalue weighted by molar-refractivity contribution is -0.116. The van der Waals surface area contributed by atoms with Crippen LogP contribution in [0.1, 0.15) is 17.0 Å². The standard InChI is InChI=1S/C23H23Cl2N5O2S/c1-4-10-30-19(12-20(31)26-17-9-8-14(2)11-15(17)3)28-29-23(30)33-13-21(32)27-18-7-5-6-16(24)22(18)25/h4-9,11H,1,10,12-13H2,2-3H3,(H,26,31)(H,27,32). The Morgan fingerprint density at radius 1 is 1.09 bits per heavy atom. The van der Waals surface area contributed by atoms with E-state index in [0.717, 1.165) is 16.8 Å². The van der Waals surface area contributed by atoms with Gasteiger partial charge in [-0.3, -0.25) is 9.59 Å². The normalized spacial score (nSPS) is 10.7. The quantitative estimate of drug-likeness (QED) is 0.305. The average molecular weight is 504 g/mol. The lowest BCUT2D eigenvalue weighted by Gasteiger charge is -2.11. The van der Waals surface area contributed by atoms with Crippen LogP contribution in [0.5, 0.6) is 0 Å². The third-order valence-electron chi connectivity index (χ3n) is 4.64. The van der Waals surface area contributed by atoms with Crippen LogP contribution in [-0.4, -0.2) is 32.3 Å². The molecule has 2 aromatic carbocycles. The number of halogens is 2. The minimum Gasteiger partial charge on any atom is -0.325 e. The second-order valence-electron chi connectivity index (χ2n) is 7.28. The van der Waals surface area contributed by atoms with Gasteiger partial charge in [0.1, 0.15) is 5.82 Å². The lowest BCUT2D eigenvalue weighted by Crippen LogP contribution is -2.18. The Labute approximate surface area is 206 Å². The number of anilines is 2. The molecule has 0 atom stereocenters. The van der Waals surface area contributed by atoms with Gasteiger partial charge in [0.25, 0.3) is 0 Å². The molecule has 0 radical (unpaired) electrons. The summed E-state index contributed by atoms with van der Waals surface area (Å²) in [6.07, 6.45) is 1.73. The minimum atomic E-state index is -0.272. The molecule has 1 heterocycles. The van der Waals surface area contributed by atoms with Gasteiger partial charge in [0.15, 0.2) is 5.16 Å². The summed E-state index contributed by atoms with van der Waals surface area (Å²) in [5.41, 5.74) is 3.30. The first-order valence-corrected chi connectivity index (χ1v) is 11.8. The van der Waals surface area contributed by atoms with Gasteiger partial charge in [-0.05, 0) is 37.6 Å². The molecule has 0 saturated carbocycles. The SMILES string of the molecule is C=CCn1c(CC(=O)Nc2ccc(C)cc2C)nnc1SCC(=O)Nc1cccc(Cl)c1Cl. The van der Waals surface area contributed by atoms with Crippen LogP contribution in [0.25, 0.3) is 0 Å². The highest BCUT2D eigenvalue weighted by atomic mass is 35.5. The molecule has 172 valence electrons. The van der Waals surface area contributed by atoms with Crippen molar-refractivity contribution >= 4 is 58.2 Å². The van der Waals surface area contributed by atoms with Crippen molar-refractivity contribution in [1.29, 1.82) is 0 Å². The number of hydrogen-bond donors (Lipinski definition) is 2. The Kier molecular flexibility index (Phi) is 8.55. The van der Waals surface area contributed by atoms with Gasteiger partial charge < -0.3 is 15.2 Å². The number of allylic oxidation sites excluding steroid dienone is 1. The first kappa shape index (κ1) is 24.8. The van der Waals surface area contributed by atoms with Crippen LogP contribution in [0.4, 0.5) is 11.4 Å². The molecule has 0 spiro atoms. The predicted octanol–water partition coefficient (Wildman–Crippen LogP) is 5.30. The number of nitrogens with zero attached hydrogens (tertiary/aromatic N) is 3. The van der Waals surface area contributed by atoms with E-state index in [-0.39, 0.29) is 29.0 Å². The molecule has 0 aliphatic rings. The van der Waals surface area contributed by atoms with Gasteiger partial charge >= 0.3 is 0 Å². The van der Waals surface area contributed by atoms with Gasteiger partial charge in [-0.1, -0.05) is 64.8 Å². The fourth-order valence-corrected chi connectivity index (χ4v) is 4.19. The van der Waals surface area contributed by atoms with Crippen LogP contribution in [0.2, 0.25) is 10.0 Å². The number of hydrogen-bond acceptors (Lipinski definition) is 5. The molecular weight excluding hydrogens is 481 g/mol. The van der Waals surface area contributed by atoms with E-state index in [2.05, 4.69) is 27.4 Å². The zero-order chi connectivity index (χ0) is 24.0. The highest BCUT2D eigenvalue weighted by Gasteiger charge is 2.17. The van der Waals surface area contributed by atoms with Gasteiger partial charge in [-0.2, -0.15) is 0 Å². The fourth-order valence-electron chi connectivity index (χ4n) is 3.08. The Bertz CT molecular complexity index is 1200. The van der Waals surface area contributed by atoms with Crippen molar-refractivity contribution < 1.29 is 9.59 Å². The maximum absolute atomic E-state index is 12.6. The first-order valence-electron chi connectivity index (χ1n) is 10.0. The summed E-state index contributed by atoms with van der Waals surface area (Å²) in [7, 11) is 0. The zero-order valence-corrected chi connectivity index (χ0v) is 20.5.